The Morgan fingerprint density at radius 3 is 2.14 bits per heavy atom. The molecular formula is C9H21NO3S. The molecular weight excluding hydrogens is 202 g/mol. The molecule has 0 fully saturated rings. The summed E-state index contributed by atoms with van der Waals surface area (Å²) in [5, 5.41) is 0. The third-order valence-electron chi connectivity index (χ3n) is 1.23. The Hall–Kier alpha value is -0.130. The number of hydrogen-bond acceptors (Lipinski definition) is 3. The zero-order chi connectivity index (χ0) is 11.4. The van der Waals surface area contributed by atoms with E-state index in [2.05, 4.69) is 4.89 Å². The molecule has 0 rings (SSSR count). The molecule has 0 atom stereocenters. The van der Waals surface area contributed by atoms with E-state index in [1.54, 1.807) is 0 Å². The Bertz CT molecular complexity index is 252. The smallest absolute Gasteiger partial charge is 0.233 e. The highest BCUT2D eigenvalue weighted by molar-refractivity contribution is 7.89. The van der Waals surface area contributed by atoms with Gasteiger partial charge in [-0.15, -0.1) is 0 Å². The molecule has 0 saturated carbocycles. The van der Waals surface area contributed by atoms with E-state index in [9.17, 15) is 8.42 Å². The SMILES string of the molecule is CC(C)CONS(=O)(=O)CC(C)(C)C. The third kappa shape index (κ3) is 8.47. The summed E-state index contributed by atoms with van der Waals surface area (Å²) in [5.41, 5.74) is -0.257. The quantitative estimate of drug-likeness (QED) is 0.719. The van der Waals surface area contributed by atoms with Crippen LogP contribution in [0, 0.1) is 11.3 Å². The first-order valence-electron chi connectivity index (χ1n) is 4.74. The second-order valence-corrected chi connectivity index (χ2v) is 6.79. The van der Waals surface area contributed by atoms with Crippen molar-refractivity contribution in [2.24, 2.45) is 11.3 Å². The van der Waals surface area contributed by atoms with Crippen LogP contribution in [-0.2, 0) is 14.9 Å². The lowest BCUT2D eigenvalue weighted by atomic mass is 10.0. The molecule has 0 saturated heterocycles. The van der Waals surface area contributed by atoms with Gasteiger partial charge in [0.25, 0.3) is 0 Å². The molecule has 0 aliphatic rings. The molecule has 0 aliphatic heterocycles. The Kier molecular flexibility index (Phi) is 5.05. The van der Waals surface area contributed by atoms with Gasteiger partial charge in [0.2, 0.25) is 10.0 Å². The van der Waals surface area contributed by atoms with E-state index >= 15 is 0 Å². The standard InChI is InChI=1S/C9H21NO3S/c1-8(2)6-13-10-14(11,12)7-9(3,4)5/h8,10H,6-7H2,1-5H3. The largest absolute Gasteiger partial charge is 0.287 e. The molecule has 5 heteroatoms. The number of hydrogen-bond donors (Lipinski definition) is 1. The van der Waals surface area contributed by atoms with Gasteiger partial charge in [-0.1, -0.05) is 39.5 Å². The molecule has 14 heavy (non-hydrogen) atoms. The van der Waals surface area contributed by atoms with Crippen molar-refractivity contribution in [2.45, 2.75) is 34.6 Å². The van der Waals surface area contributed by atoms with Crippen LogP contribution in [0.2, 0.25) is 0 Å². The average molecular weight is 223 g/mol. The van der Waals surface area contributed by atoms with Gasteiger partial charge in [0, 0.05) is 0 Å². The minimum atomic E-state index is -3.31. The highest BCUT2D eigenvalue weighted by Crippen LogP contribution is 2.15. The molecule has 0 bridgehead atoms. The average Bonchev–Trinajstić information content (AvgIpc) is 1.78. The van der Waals surface area contributed by atoms with E-state index in [0.717, 1.165) is 0 Å². The first kappa shape index (κ1) is 13.9. The fourth-order valence-electron chi connectivity index (χ4n) is 0.890. The second-order valence-electron chi connectivity index (χ2n) is 5.11. The molecule has 4 nitrogen and oxygen atoms in total. The van der Waals surface area contributed by atoms with Crippen LogP contribution in [0.4, 0.5) is 0 Å². The topological polar surface area (TPSA) is 55.4 Å². The molecule has 0 aromatic rings. The lowest BCUT2D eigenvalue weighted by molar-refractivity contribution is 0.0713. The summed E-state index contributed by atoms with van der Waals surface area (Å²) >= 11 is 0. The fourth-order valence-corrected chi connectivity index (χ4v) is 2.34. The van der Waals surface area contributed by atoms with Crippen LogP contribution in [0.5, 0.6) is 0 Å². The highest BCUT2D eigenvalue weighted by Gasteiger charge is 2.21. The normalized spacial score (nSPS) is 13.6. The third-order valence-corrected chi connectivity index (χ3v) is 2.84. The van der Waals surface area contributed by atoms with Crippen molar-refractivity contribution in [3.05, 3.63) is 0 Å². The van der Waals surface area contributed by atoms with Gasteiger partial charge in [0.05, 0.1) is 12.4 Å². The van der Waals surface area contributed by atoms with Gasteiger partial charge in [-0.05, 0) is 11.3 Å². The van der Waals surface area contributed by atoms with Gasteiger partial charge in [-0.2, -0.15) is 0 Å². The monoisotopic (exact) mass is 223 g/mol. The summed E-state index contributed by atoms with van der Waals surface area (Å²) < 4.78 is 22.8. The lowest BCUT2D eigenvalue weighted by Gasteiger charge is -2.18. The summed E-state index contributed by atoms with van der Waals surface area (Å²) in [6.45, 7) is 9.91. The summed E-state index contributed by atoms with van der Waals surface area (Å²) in [7, 11) is -3.31. The van der Waals surface area contributed by atoms with E-state index in [1.165, 1.54) is 0 Å². The maximum Gasteiger partial charge on any atom is 0.233 e. The molecule has 0 radical (unpaired) electrons. The Morgan fingerprint density at radius 2 is 1.79 bits per heavy atom. The lowest BCUT2D eigenvalue weighted by Crippen LogP contribution is -2.33. The van der Waals surface area contributed by atoms with Crippen molar-refractivity contribution in [3.63, 3.8) is 0 Å². The van der Waals surface area contributed by atoms with E-state index in [0.29, 0.717) is 12.5 Å². The van der Waals surface area contributed by atoms with Crippen LogP contribution in [0.3, 0.4) is 0 Å². The van der Waals surface area contributed by atoms with Gasteiger partial charge < -0.3 is 0 Å². The first-order valence-corrected chi connectivity index (χ1v) is 6.39. The molecule has 0 heterocycles. The van der Waals surface area contributed by atoms with Crippen LogP contribution in [0.1, 0.15) is 34.6 Å². The Labute approximate surface area is 87.0 Å². The maximum absolute atomic E-state index is 11.4. The van der Waals surface area contributed by atoms with Crippen LogP contribution in [0.25, 0.3) is 0 Å². The predicted molar refractivity (Wildman–Crippen MR) is 57.2 cm³/mol. The van der Waals surface area contributed by atoms with E-state index in [-0.39, 0.29) is 11.2 Å². The van der Waals surface area contributed by atoms with Crippen LogP contribution in [-0.4, -0.2) is 20.8 Å². The van der Waals surface area contributed by atoms with E-state index in [4.69, 9.17) is 4.84 Å². The number of sulfonamides is 1. The van der Waals surface area contributed by atoms with Crippen molar-refractivity contribution in [1.29, 1.82) is 0 Å². The Balaban J connectivity index is 3.98. The van der Waals surface area contributed by atoms with Crippen molar-refractivity contribution in [2.75, 3.05) is 12.4 Å². The molecule has 0 amide bonds. The van der Waals surface area contributed by atoms with Gasteiger partial charge in [-0.3, -0.25) is 4.84 Å². The fraction of sp³-hybridized carbons (Fsp3) is 1.00. The van der Waals surface area contributed by atoms with Gasteiger partial charge >= 0.3 is 0 Å². The van der Waals surface area contributed by atoms with Crippen molar-refractivity contribution in [1.82, 2.24) is 4.89 Å². The van der Waals surface area contributed by atoms with Crippen molar-refractivity contribution < 1.29 is 13.3 Å². The van der Waals surface area contributed by atoms with Crippen LogP contribution >= 0.6 is 0 Å². The second kappa shape index (κ2) is 5.09. The van der Waals surface area contributed by atoms with Gasteiger partial charge in [-0.25, -0.2) is 8.42 Å². The summed E-state index contributed by atoms with van der Waals surface area (Å²) in [4.78, 5) is 6.99. The van der Waals surface area contributed by atoms with Crippen LogP contribution in [0.15, 0.2) is 0 Å². The predicted octanol–water partition coefficient (Wildman–Crippen LogP) is 1.54. The molecule has 0 spiro atoms. The maximum atomic E-state index is 11.4. The minimum Gasteiger partial charge on any atom is -0.287 e. The zero-order valence-corrected chi connectivity index (χ0v) is 10.4. The van der Waals surface area contributed by atoms with Crippen molar-refractivity contribution >= 4 is 10.0 Å². The molecule has 0 aromatic carbocycles. The number of rotatable bonds is 5. The molecule has 86 valence electrons. The van der Waals surface area contributed by atoms with Gasteiger partial charge in [0.15, 0.2) is 0 Å². The number of nitrogens with one attached hydrogen (secondary N) is 1. The molecule has 0 unspecified atom stereocenters. The summed E-state index contributed by atoms with van der Waals surface area (Å²) in [6, 6.07) is 0. The molecule has 1 N–H and O–H groups in total. The Morgan fingerprint density at radius 1 is 1.29 bits per heavy atom. The van der Waals surface area contributed by atoms with Crippen LogP contribution < -0.4 is 4.89 Å². The van der Waals surface area contributed by atoms with E-state index in [1.807, 2.05) is 34.6 Å². The van der Waals surface area contributed by atoms with Crippen molar-refractivity contribution in [3.8, 4) is 0 Å². The van der Waals surface area contributed by atoms with Gasteiger partial charge in [0.1, 0.15) is 0 Å². The molecule has 0 aliphatic carbocycles. The first-order chi connectivity index (χ1) is 6.12. The zero-order valence-electron chi connectivity index (χ0n) is 9.62. The van der Waals surface area contributed by atoms with E-state index < -0.39 is 10.0 Å². The summed E-state index contributed by atoms with van der Waals surface area (Å²) in [5.74, 6) is 0.380. The highest BCUT2D eigenvalue weighted by atomic mass is 32.2. The summed E-state index contributed by atoms with van der Waals surface area (Å²) in [6.07, 6.45) is 0. The molecule has 0 aromatic heterocycles. The minimum absolute atomic E-state index is 0.0676.